The SMILES string of the molecule is COCCOCC(=O)Nc1ccc(N2CCCC2=O)cc1. The van der Waals surface area contributed by atoms with Crippen LogP contribution < -0.4 is 10.2 Å². The number of nitrogens with one attached hydrogen (secondary N) is 1. The molecule has 2 amide bonds. The van der Waals surface area contributed by atoms with Gasteiger partial charge in [-0.2, -0.15) is 0 Å². The van der Waals surface area contributed by atoms with Gasteiger partial charge in [0.15, 0.2) is 0 Å². The summed E-state index contributed by atoms with van der Waals surface area (Å²) in [6, 6.07) is 7.25. The minimum Gasteiger partial charge on any atom is -0.382 e. The van der Waals surface area contributed by atoms with Crippen molar-refractivity contribution >= 4 is 23.2 Å². The third-order valence-corrected chi connectivity index (χ3v) is 3.20. The molecule has 6 heteroatoms. The van der Waals surface area contributed by atoms with Gasteiger partial charge in [0.1, 0.15) is 6.61 Å². The lowest BCUT2D eigenvalue weighted by Crippen LogP contribution is -2.23. The first kappa shape index (κ1) is 15.5. The number of rotatable bonds is 7. The van der Waals surface area contributed by atoms with E-state index in [2.05, 4.69) is 5.32 Å². The normalized spacial score (nSPS) is 14.5. The van der Waals surface area contributed by atoms with E-state index in [9.17, 15) is 9.59 Å². The maximum atomic E-state index is 11.6. The number of benzene rings is 1. The Labute approximate surface area is 124 Å². The summed E-state index contributed by atoms with van der Waals surface area (Å²) in [6.45, 7) is 1.61. The number of carbonyl (C=O) groups is 2. The molecule has 0 bridgehead atoms. The second kappa shape index (κ2) is 7.75. The Kier molecular flexibility index (Phi) is 5.71. The number of ether oxygens (including phenoxy) is 2. The van der Waals surface area contributed by atoms with Gasteiger partial charge in [-0.3, -0.25) is 9.59 Å². The summed E-state index contributed by atoms with van der Waals surface area (Å²) in [7, 11) is 1.58. The molecule has 6 nitrogen and oxygen atoms in total. The standard InChI is InChI=1S/C15H20N2O4/c1-20-9-10-21-11-14(18)16-12-4-6-13(7-5-12)17-8-2-3-15(17)19/h4-7H,2-3,8-11H2,1H3,(H,16,18). The lowest BCUT2D eigenvalue weighted by molar-refractivity contribution is -0.121. The van der Waals surface area contributed by atoms with E-state index < -0.39 is 0 Å². The number of methoxy groups -OCH3 is 1. The molecule has 0 radical (unpaired) electrons. The van der Waals surface area contributed by atoms with Crippen LogP contribution in [0.2, 0.25) is 0 Å². The van der Waals surface area contributed by atoms with Crippen molar-refractivity contribution in [2.45, 2.75) is 12.8 Å². The van der Waals surface area contributed by atoms with Crippen LogP contribution in [0.5, 0.6) is 0 Å². The van der Waals surface area contributed by atoms with Gasteiger partial charge in [-0.05, 0) is 30.7 Å². The van der Waals surface area contributed by atoms with Gasteiger partial charge in [0.25, 0.3) is 0 Å². The van der Waals surface area contributed by atoms with Crippen LogP contribution in [0.1, 0.15) is 12.8 Å². The van der Waals surface area contributed by atoms with E-state index in [0.717, 1.165) is 18.7 Å². The lowest BCUT2D eigenvalue weighted by Gasteiger charge is -2.16. The number of carbonyl (C=O) groups excluding carboxylic acids is 2. The number of nitrogens with zero attached hydrogens (tertiary/aromatic N) is 1. The average molecular weight is 292 g/mol. The quantitative estimate of drug-likeness (QED) is 0.772. The average Bonchev–Trinajstić information content (AvgIpc) is 2.91. The van der Waals surface area contributed by atoms with E-state index >= 15 is 0 Å². The molecule has 0 saturated carbocycles. The lowest BCUT2D eigenvalue weighted by atomic mass is 10.2. The molecule has 1 aliphatic heterocycles. The van der Waals surface area contributed by atoms with Gasteiger partial charge < -0.3 is 19.7 Å². The Balaban J connectivity index is 1.82. The summed E-state index contributed by atoms with van der Waals surface area (Å²) >= 11 is 0. The van der Waals surface area contributed by atoms with Crippen molar-refractivity contribution in [1.82, 2.24) is 0 Å². The van der Waals surface area contributed by atoms with E-state index in [1.54, 1.807) is 24.1 Å². The zero-order valence-electron chi connectivity index (χ0n) is 12.1. The Bertz CT molecular complexity index is 487. The summed E-state index contributed by atoms with van der Waals surface area (Å²) < 4.78 is 9.96. The van der Waals surface area contributed by atoms with Crippen molar-refractivity contribution in [2.24, 2.45) is 0 Å². The van der Waals surface area contributed by atoms with Gasteiger partial charge in [-0.25, -0.2) is 0 Å². The molecule has 0 aromatic heterocycles. The minimum absolute atomic E-state index is 0.00424. The molecule has 1 fully saturated rings. The van der Waals surface area contributed by atoms with Crippen molar-refractivity contribution in [3.63, 3.8) is 0 Å². The summed E-state index contributed by atoms with van der Waals surface area (Å²) in [5, 5.41) is 2.74. The predicted molar refractivity (Wildman–Crippen MR) is 79.4 cm³/mol. The highest BCUT2D eigenvalue weighted by atomic mass is 16.5. The van der Waals surface area contributed by atoms with Crippen molar-refractivity contribution < 1.29 is 19.1 Å². The van der Waals surface area contributed by atoms with Crippen LogP contribution >= 0.6 is 0 Å². The first-order valence-electron chi connectivity index (χ1n) is 6.97. The maximum Gasteiger partial charge on any atom is 0.250 e. The van der Waals surface area contributed by atoms with Gasteiger partial charge in [-0.15, -0.1) is 0 Å². The summed E-state index contributed by atoms with van der Waals surface area (Å²) in [6.07, 6.45) is 1.51. The molecule has 1 aromatic carbocycles. The largest absolute Gasteiger partial charge is 0.382 e. The Hall–Kier alpha value is -1.92. The summed E-state index contributed by atoms with van der Waals surface area (Å²) in [5.74, 6) is -0.0607. The molecule has 0 aliphatic carbocycles. The zero-order chi connectivity index (χ0) is 15.1. The Morgan fingerprint density at radius 2 is 2.05 bits per heavy atom. The molecule has 1 aliphatic rings. The first-order valence-corrected chi connectivity index (χ1v) is 6.97. The molecule has 1 saturated heterocycles. The fourth-order valence-electron chi connectivity index (χ4n) is 2.15. The first-order chi connectivity index (χ1) is 10.2. The fraction of sp³-hybridized carbons (Fsp3) is 0.467. The predicted octanol–water partition coefficient (Wildman–Crippen LogP) is 1.41. The molecule has 0 spiro atoms. The van der Waals surface area contributed by atoms with Crippen LogP contribution in [0.15, 0.2) is 24.3 Å². The van der Waals surface area contributed by atoms with Crippen LogP contribution in [-0.2, 0) is 19.1 Å². The van der Waals surface area contributed by atoms with Crippen LogP contribution in [0.4, 0.5) is 11.4 Å². The second-order valence-electron chi connectivity index (χ2n) is 4.79. The monoisotopic (exact) mass is 292 g/mol. The van der Waals surface area contributed by atoms with Gasteiger partial charge >= 0.3 is 0 Å². The molecular weight excluding hydrogens is 272 g/mol. The Morgan fingerprint density at radius 1 is 1.29 bits per heavy atom. The number of hydrogen-bond donors (Lipinski definition) is 1. The van der Waals surface area contributed by atoms with Crippen LogP contribution in [-0.4, -0.2) is 45.3 Å². The highest BCUT2D eigenvalue weighted by Gasteiger charge is 2.21. The van der Waals surface area contributed by atoms with Crippen molar-refractivity contribution in [2.75, 3.05) is 43.7 Å². The highest BCUT2D eigenvalue weighted by molar-refractivity contribution is 5.96. The minimum atomic E-state index is -0.212. The molecule has 0 unspecified atom stereocenters. The van der Waals surface area contributed by atoms with E-state index in [1.807, 2.05) is 12.1 Å². The molecule has 0 atom stereocenters. The third-order valence-electron chi connectivity index (χ3n) is 3.20. The van der Waals surface area contributed by atoms with E-state index in [0.29, 0.717) is 25.3 Å². The highest BCUT2D eigenvalue weighted by Crippen LogP contribution is 2.22. The zero-order valence-corrected chi connectivity index (χ0v) is 12.1. The number of hydrogen-bond acceptors (Lipinski definition) is 4. The molecule has 1 N–H and O–H groups in total. The topological polar surface area (TPSA) is 67.9 Å². The molecule has 2 rings (SSSR count). The van der Waals surface area contributed by atoms with Gasteiger partial charge in [-0.1, -0.05) is 0 Å². The molecule has 21 heavy (non-hydrogen) atoms. The smallest absolute Gasteiger partial charge is 0.250 e. The van der Waals surface area contributed by atoms with E-state index in [-0.39, 0.29) is 18.4 Å². The molecule has 1 heterocycles. The summed E-state index contributed by atoms with van der Waals surface area (Å²) in [4.78, 5) is 25.0. The van der Waals surface area contributed by atoms with Crippen molar-refractivity contribution in [3.05, 3.63) is 24.3 Å². The van der Waals surface area contributed by atoms with Gasteiger partial charge in [0.2, 0.25) is 11.8 Å². The number of amides is 2. The van der Waals surface area contributed by atoms with E-state index in [1.165, 1.54) is 0 Å². The summed E-state index contributed by atoms with van der Waals surface area (Å²) in [5.41, 5.74) is 1.55. The van der Waals surface area contributed by atoms with Crippen molar-refractivity contribution in [3.8, 4) is 0 Å². The maximum absolute atomic E-state index is 11.6. The fourth-order valence-corrected chi connectivity index (χ4v) is 2.15. The number of anilines is 2. The van der Waals surface area contributed by atoms with Crippen LogP contribution in [0, 0.1) is 0 Å². The van der Waals surface area contributed by atoms with Crippen LogP contribution in [0.3, 0.4) is 0 Å². The molecule has 1 aromatic rings. The molecule has 114 valence electrons. The second-order valence-corrected chi connectivity index (χ2v) is 4.79. The molecular formula is C15H20N2O4. The third kappa shape index (κ3) is 4.54. The van der Waals surface area contributed by atoms with E-state index in [4.69, 9.17) is 9.47 Å². The van der Waals surface area contributed by atoms with Gasteiger partial charge in [0.05, 0.1) is 13.2 Å². The van der Waals surface area contributed by atoms with Crippen molar-refractivity contribution in [1.29, 1.82) is 0 Å². The Morgan fingerprint density at radius 3 is 2.67 bits per heavy atom. The van der Waals surface area contributed by atoms with Gasteiger partial charge in [0, 0.05) is 31.5 Å². The van der Waals surface area contributed by atoms with Crippen LogP contribution in [0.25, 0.3) is 0 Å².